The molecule has 188 valence electrons. The van der Waals surface area contributed by atoms with Gasteiger partial charge in [0.15, 0.2) is 11.4 Å². The zero-order valence-electron chi connectivity index (χ0n) is 20.9. The lowest BCUT2D eigenvalue weighted by Crippen LogP contribution is -1.96. The largest absolute Gasteiger partial charge is 0.508 e. The van der Waals surface area contributed by atoms with Gasteiger partial charge in [0.2, 0.25) is 0 Å². The Balaban J connectivity index is 0.00000137. The van der Waals surface area contributed by atoms with E-state index >= 15 is 0 Å². The van der Waals surface area contributed by atoms with Gasteiger partial charge in [0.1, 0.15) is 40.1 Å². The van der Waals surface area contributed by atoms with Gasteiger partial charge in [0.25, 0.3) is 0 Å². The normalized spacial score (nSPS) is 10.9. The number of aromatic hydroxyl groups is 1. The number of phenols is 1. The van der Waals surface area contributed by atoms with Crippen LogP contribution in [0.3, 0.4) is 0 Å². The lowest BCUT2D eigenvalue weighted by molar-refractivity contribution is 0.303. The molecule has 0 bridgehead atoms. The van der Waals surface area contributed by atoms with Gasteiger partial charge in [0.05, 0.1) is 30.1 Å². The number of ether oxygens (including phenoxy) is 2. The van der Waals surface area contributed by atoms with Crippen molar-refractivity contribution in [2.24, 2.45) is 0 Å². The summed E-state index contributed by atoms with van der Waals surface area (Å²) in [4.78, 5) is 9.28. The van der Waals surface area contributed by atoms with E-state index in [1.807, 2.05) is 68.7 Å². The highest BCUT2D eigenvalue weighted by Gasteiger charge is 2.16. The number of furan rings is 1. The zero-order valence-corrected chi connectivity index (χ0v) is 21.7. The number of hydrogen-bond donors (Lipinski definition) is 1. The summed E-state index contributed by atoms with van der Waals surface area (Å²) in [6.45, 7) is 6.21. The molecule has 2 aromatic carbocycles. The van der Waals surface area contributed by atoms with Gasteiger partial charge < -0.3 is 19.0 Å². The van der Waals surface area contributed by atoms with Gasteiger partial charge in [-0.05, 0) is 37.3 Å². The molecule has 0 saturated heterocycles. The number of nitrogens with zero attached hydrogens (tertiary/aromatic N) is 4. The van der Waals surface area contributed by atoms with Crippen molar-refractivity contribution in [1.29, 1.82) is 0 Å². The Labute approximate surface area is 217 Å². The first-order valence-electron chi connectivity index (χ1n) is 11.9. The van der Waals surface area contributed by atoms with E-state index in [4.69, 9.17) is 13.9 Å². The number of phenolic OH excluding ortho intramolecular Hbond substituents is 1. The Morgan fingerprint density at radius 1 is 1.05 bits per heavy atom. The van der Waals surface area contributed by atoms with Crippen LogP contribution in [0.1, 0.15) is 25.2 Å². The number of aryl methyl sites for hydroxylation is 1. The summed E-state index contributed by atoms with van der Waals surface area (Å²) >= 11 is 1.50. The van der Waals surface area contributed by atoms with Crippen LogP contribution in [0.5, 0.6) is 17.2 Å². The molecule has 0 saturated carbocycles. The maximum Gasteiger partial charge on any atom is 0.155 e. The van der Waals surface area contributed by atoms with Gasteiger partial charge in [-0.15, -0.1) is 11.3 Å². The van der Waals surface area contributed by atoms with E-state index in [0.717, 1.165) is 33.0 Å². The third-order valence-corrected chi connectivity index (χ3v) is 6.48. The summed E-state index contributed by atoms with van der Waals surface area (Å²) in [5.41, 5.74) is 4.61. The lowest BCUT2D eigenvalue weighted by atomic mass is 10.2. The molecule has 8 nitrogen and oxygen atoms in total. The predicted octanol–water partition coefficient (Wildman–Crippen LogP) is 6.89. The minimum atomic E-state index is 0.210. The average molecular weight is 515 g/mol. The van der Waals surface area contributed by atoms with E-state index in [2.05, 4.69) is 15.1 Å². The Hall–Kier alpha value is -4.37. The molecular weight excluding hydrogens is 488 g/mol. The summed E-state index contributed by atoms with van der Waals surface area (Å²) in [7, 11) is 1.60. The first-order chi connectivity index (χ1) is 18.1. The minimum absolute atomic E-state index is 0.210. The van der Waals surface area contributed by atoms with Crippen LogP contribution in [0, 0.1) is 6.92 Å². The molecule has 0 radical (unpaired) electrons. The number of hydrogen-bond acceptors (Lipinski definition) is 8. The molecule has 6 aromatic rings. The summed E-state index contributed by atoms with van der Waals surface area (Å²) in [6, 6.07) is 16.5. The lowest BCUT2D eigenvalue weighted by Gasteiger charge is -2.08. The van der Waals surface area contributed by atoms with Gasteiger partial charge in [-0.2, -0.15) is 5.10 Å². The Morgan fingerprint density at radius 2 is 1.92 bits per heavy atom. The molecule has 0 atom stereocenters. The third-order valence-electron chi connectivity index (χ3n) is 5.53. The molecule has 0 amide bonds. The monoisotopic (exact) mass is 514 g/mol. The van der Waals surface area contributed by atoms with Gasteiger partial charge >= 0.3 is 0 Å². The Kier molecular flexibility index (Phi) is 6.78. The second-order valence-electron chi connectivity index (χ2n) is 8.03. The van der Waals surface area contributed by atoms with Crippen LogP contribution in [-0.4, -0.2) is 31.8 Å². The maximum atomic E-state index is 9.74. The van der Waals surface area contributed by atoms with E-state index in [-0.39, 0.29) is 12.4 Å². The second-order valence-corrected chi connectivity index (χ2v) is 8.89. The molecular formula is C28H26N4O4S. The topological polar surface area (TPSA) is 94.9 Å². The Morgan fingerprint density at radius 3 is 2.73 bits per heavy atom. The molecule has 0 unspecified atom stereocenters. The highest BCUT2D eigenvalue weighted by molar-refractivity contribution is 7.13. The summed E-state index contributed by atoms with van der Waals surface area (Å²) in [6.07, 6.45) is 1.84. The standard InChI is InChI=1S/C26H20N4O4S.C2H6/c1-15-6-7-25-28-21(12-30(25)29-15)24-11-20-22(9-19(32-2)10-23(20)34-24)33-13-17-14-35-26(27-17)16-4-3-5-18(31)8-16;1-2/h3-12,14,31H,13H2,1-2H3;1-2H3. The van der Waals surface area contributed by atoms with Crippen LogP contribution >= 0.6 is 11.3 Å². The van der Waals surface area contributed by atoms with Crippen molar-refractivity contribution >= 4 is 28.0 Å². The fraction of sp³-hybridized carbons (Fsp3) is 0.179. The van der Waals surface area contributed by atoms with Crippen LogP contribution in [0.25, 0.3) is 38.6 Å². The Bertz CT molecular complexity index is 1680. The molecule has 6 rings (SSSR count). The second kappa shape index (κ2) is 10.3. The summed E-state index contributed by atoms with van der Waals surface area (Å²) in [5.74, 6) is 2.07. The van der Waals surface area contributed by atoms with Crippen molar-refractivity contribution < 1.29 is 19.0 Å². The highest BCUT2D eigenvalue weighted by Crippen LogP contribution is 2.37. The number of aromatic nitrogens is 4. The number of thiazole rings is 1. The van der Waals surface area contributed by atoms with Gasteiger partial charge in [-0.1, -0.05) is 26.0 Å². The fourth-order valence-corrected chi connectivity index (χ4v) is 4.64. The van der Waals surface area contributed by atoms with E-state index in [1.165, 1.54) is 11.3 Å². The molecule has 0 spiro atoms. The molecule has 4 heterocycles. The molecule has 9 heteroatoms. The molecule has 4 aromatic heterocycles. The molecule has 37 heavy (non-hydrogen) atoms. The van der Waals surface area contributed by atoms with Crippen LogP contribution in [0.15, 0.2) is 70.6 Å². The number of fused-ring (bicyclic) bond motifs is 2. The SMILES string of the molecule is CC.COc1cc(OCc2csc(-c3cccc(O)c3)n2)c2cc(-c3cn4nc(C)ccc4n3)oc2c1. The molecule has 0 aliphatic carbocycles. The van der Waals surface area contributed by atoms with E-state index < -0.39 is 0 Å². The van der Waals surface area contributed by atoms with Crippen molar-refractivity contribution in [2.75, 3.05) is 7.11 Å². The maximum absolute atomic E-state index is 9.74. The molecule has 1 N–H and O–H groups in total. The van der Waals surface area contributed by atoms with Crippen molar-refractivity contribution in [3.8, 4) is 39.3 Å². The number of methoxy groups -OCH3 is 1. The number of benzene rings is 2. The zero-order chi connectivity index (χ0) is 25.9. The van der Waals surface area contributed by atoms with Crippen LogP contribution in [-0.2, 0) is 6.61 Å². The van der Waals surface area contributed by atoms with E-state index in [0.29, 0.717) is 28.5 Å². The minimum Gasteiger partial charge on any atom is -0.508 e. The van der Waals surface area contributed by atoms with Crippen LogP contribution < -0.4 is 9.47 Å². The highest BCUT2D eigenvalue weighted by atomic mass is 32.1. The average Bonchev–Trinajstić information content (AvgIpc) is 3.66. The van der Waals surface area contributed by atoms with Crippen molar-refractivity contribution in [3.05, 3.63) is 77.6 Å². The van der Waals surface area contributed by atoms with Gasteiger partial charge in [-0.3, -0.25) is 0 Å². The number of rotatable bonds is 6. The van der Waals surface area contributed by atoms with Crippen LogP contribution in [0.4, 0.5) is 0 Å². The van der Waals surface area contributed by atoms with E-state index in [1.54, 1.807) is 29.8 Å². The third kappa shape index (κ3) is 4.99. The number of imidazole rings is 1. The predicted molar refractivity (Wildman–Crippen MR) is 144 cm³/mol. The first kappa shape index (κ1) is 24.3. The summed E-state index contributed by atoms with van der Waals surface area (Å²) in [5, 5.41) is 17.8. The van der Waals surface area contributed by atoms with Crippen molar-refractivity contribution in [2.45, 2.75) is 27.4 Å². The van der Waals surface area contributed by atoms with Gasteiger partial charge in [-0.25, -0.2) is 14.5 Å². The molecule has 0 aliphatic heterocycles. The van der Waals surface area contributed by atoms with Crippen LogP contribution in [0.2, 0.25) is 0 Å². The first-order valence-corrected chi connectivity index (χ1v) is 12.8. The van der Waals surface area contributed by atoms with Crippen molar-refractivity contribution in [3.63, 3.8) is 0 Å². The molecule has 0 aliphatic rings. The molecule has 0 fully saturated rings. The summed E-state index contributed by atoms with van der Waals surface area (Å²) < 4.78 is 19.5. The quantitative estimate of drug-likeness (QED) is 0.258. The van der Waals surface area contributed by atoms with Gasteiger partial charge in [0, 0.05) is 23.1 Å². The van der Waals surface area contributed by atoms with Crippen molar-refractivity contribution in [1.82, 2.24) is 19.6 Å². The van der Waals surface area contributed by atoms with E-state index in [9.17, 15) is 5.11 Å². The fourth-order valence-electron chi connectivity index (χ4n) is 3.84. The smallest absolute Gasteiger partial charge is 0.155 e.